The van der Waals surface area contributed by atoms with Crippen molar-refractivity contribution < 1.29 is 4.74 Å². The van der Waals surface area contributed by atoms with Gasteiger partial charge in [-0.05, 0) is 32.1 Å². The fourth-order valence-electron chi connectivity index (χ4n) is 4.31. The third-order valence-corrected chi connectivity index (χ3v) is 5.38. The molecule has 3 aliphatic rings. The molecule has 1 N–H and O–H groups in total. The summed E-state index contributed by atoms with van der Waals surface area (Å²) in [6.45, 7) is 6.93. The highest BCUT2D eigenvalue weighted by atomic mass is 16.5. The molecule has 1 aliphatic carbocycles. The van der Waals surface area contributed by atoms with Crippen molar-refractivity contribution in [2.75, 3.05) is 26.2 Å². The van der Waals surface area contributed by atoms with E-state index in [0.29, 0.717) is 11.6 Å². The van der Waals surface area contributed by atoms with Gasteiger partial charge < -0.3 is 10.1 Å². The second-order valence-electron chi connectivity index (χ2n) is 6.88. The summed E-state index contributed by atoms with van der Waals surface area (Å²) in [6, 6.07) is 0.737. The highest BCUT2D eigenvalue weighted by Gasteiger charge is 2.41. The first-order valence-corrected chi connectivity index (χ1v) is 8.42. The van der Waals surface area contributed by atoms with E-state index in [9.17, 15) is 0 Å². The van der Waals surface area contributed by atoms with Gasteiger partial charge in [0, 0.05) is 37.8 Å². The molecule has 0 aromatic heterocycles. The molecule has 0 amide bonds. The van der Waals surface area contributed by atoms with E-state index in [2.05, 4.69) is 17.1 Å². The summed E-state index contributed by atoms with van der Waals surface area (Å²) in [4.78, 5) is 2.77. The van der Waals surface area contributed by atoms with Crippen LogP contribution in [0.3, 0.4) is 0 Å². The number of nitrogens with one attached hydrogen (secondary N) is 1. The molecule has 0 radical (unpaired) electrons. The first-order valence-electron chi connectivity index (χ1n) is 8.42. The molecule has 19 heavy (non-hydrogen) atoms. The third-order valence-electron chi connectivity index (χ3n) is 5.38. The Bertz CT molecular complexity index is 282. The van der Waals surface area contributed by atoms with Gasteiger partial charge in [-0.25, -0.2) is 0 Å². The highest BCUT2D eigenvalue weighted by molar-refractivity contribution is 5.01. The number of rotatable bonds is 4. The Balaban J connectivity index is 1.63. The molecule has 3 heteroatoms. The van der Waals surface area contributed by atoms with E-state index in [0.717, 1.165) is 12.6 Å². The van der Waals surface area contributed by atoms with Gasteiger partial charge in [0.2, 0.25) is 0 Å². The third kappa shape index (κ3) is 3.14. The van der Waals surface area contributed by atoms with Crippen LogP contribution in [0, 0.1) is 0 Å². The summed E-state index contributed by atoms with van der Waals surface area (Å²) in [5.41, 5.74) is 0.447. The molecule has 3 rings (SSSR count). The zero-order valence-electron chi connectivity index (χ0n) is 12.5. The number of nitrogens with zero attached hydrogens (tertiary/aromatic N) is 1. The van der Waals surface area contributed by atoms with Crippen molar-refractivity contribution in [1.29, 1.82) is 0 Å². The minimum Gasteiger partial charge on any atom is -0.377 e. The fourth-order valence-corrected chi connectivity index (χ4v) is 4.31. The van der Waals surface area contributed by atoms with Crippen LogP contribution >= 0.6 is 0 Å². The molecule has 0 aromatic rings. The molecule has 1 saturated carbocycles. The van der Waals surface area contributed by atoms with Crippen LogP contribution in [0.2, 0.25) is 0 Å². The van der Waals surface area contributed by atoms with Crippen LogP contribution in [-0.2, 0) is 4.74 Å². The molecule has 2 atom stereocenters. The van der Waals surface area contributed by atoms with Crippen LogP contribution < -0.4 is 5.32 Å². The summed E-state index contributed by atoms with van der Waals surface area (Å²) in [5.74, 6) is 0. The summed E-state index contributed by atoms with van der Waals surface area (Å²) in [5, 5.41) is 3.90. The molecule has 3 nitrogen and oxygen atoms in total. The van der Waals surface area contributed by atoms with E-state index in [1.54, 1.807) is 0 Å². The molecule has 2 saturated heterocycles. The second-order valence-corrected chi connectivity index (χ2v) is 6.88. The number of ether oxygens (including phenoxy) is 1. The van der Waals surface area contributed by atoms with E-state index in [1.807, 2.05) is 0 Å². The van der Waals surface area contributed by atoms with Gasteiger partial charge in [-0.1, -0.05) is 26.2 Å². The molecule has 110 valence electrons. The van der Waals surface area contributed by atoms with Crippen LogP contribution in [0.4, 0.5) is 0 Å². The molecular weight excluding hydrogens is 236 g/mol. The SMILES string of the molecule is CCCC1CNC2(CCCC2)CN1CC1CCCO1. The summed E-state index contributed by atoms with van der Waals surface area (Å²) in [7, 11) is 0. The van der Waals surface area contributed by atoms with E-state index < -0.39 is 0 Å². The Morgan fingerprint density at radius 3 is 2.79 bits per heavy atom. The summed E-state index contributed by atoms with van der Waals surface area (Å²) >= 11 is 0. The average Bonchev–Trinajstić information content (AvgIpc) is 3.06. The predicted molar refractivity (Wildman–Crippen MR) is 78.4 cm³/mol. The van der Waals surface area contributed by atoms with Gasteiger partial charge in [0.1, 0.15) is 0 Å². The Hall–Kier alpha value is -0.120. The van der Waals surface area contributed by atoms with Gasteiger partial charge >= 0.3 is 0 Å². The zero-order valence-corrected chi connectivity index (χ0v) is 12.5. The van der Waals surface area contributed by atoms with Gasteiger partial charge in [-0.3, -0.25) is 4.90 Å². The number of hydrogen-bond acceptors (Lipinski definition) is 3. The monoisotopic (exact) mass is 266 g/mol. The molecule has 2 heterocycles. The van der Waals surface area contributed by atoms with E-state index in [4.69, 9.17) is 4.74 Å². The van der Waals surface area contributed by atoms with Crippen molar-refractivity contribution in [3.05, 3.63) is 0 Å². The lowest BCUT2D eigenvalue weighted by Gasteiger charge is -2.47. The van der Waals surface area contributed by atoms with E-state index >= 15 is 0 Å². The molecule has 1 spiro atoms. The second kappa shape index (κ2) is 6.11. The van der Waals surface area contributed by atoms with Crippen LogP contribution in [0.5, 0.6) is 0 Å². The lowest BCUT2D eigenvalue weighted by molar-refractivity contribution is 0.0179. The zero-order chi connectivity index (χ0) is 13.1. The smallest absolute Gasteiger partial charge is 0.0702 e. The van der Waals surface area contributed by atoms with E-state index in [1.165, 1.54) is 71.0 Å². The Labute approximate surface area is 118 Å². The molecular formula is C16H30N2O. The maximum absolute atomic E-state index is 5.87. The molecule has 3 fully saturated rings. The van der Waals surface area contributed by atoms with Crippen molar-refractivity contribution in [3.8, 4) is 0 Å². The fraction of sp³-hybridized carbons (Fsp3) is 1.00. The topological polar surface area (TPSA) is 24.5 Å². The van der Waals surface area contributed by atoms with Crippen molar-refractivity contribution in [1.82, 2.24) is 10.2 Å². The van der Waals surface area contributed by atoms with Crippen molar-refractivity contribution in [2.24, 2.45) is 0 Å². The van der Waals surface area contributed by atoms with Crippen LogP contribution in [0.25, 0.3) is 0 Å². The maximum atomic E-state index is 5.87. The minimum absolute atomic E-state index is 0.447. The van der Waals surface area contributed by atoms with Gasteiger partial charge in [0.25, 0.3) is 0 Å². The Morgan fingerprint density at radius 2 is 2.11 bits per heavy atom. The molecule has 0 aromatic carbocycles. The van der Waals surface area contributed by atoms with Gasteiger partial charge in [-0.15, -0.1) is 0 Å². The first kappa shape index (κ1) is 13.8. The molecule has 2 aliphatic heterocycles. The standard InChI is InChI=1S/C16H30N2O/c1-2-6-14-11-17-16(8-3-4-9-16)13-18(14)12-15-7-5-10-19-15/h14-15,17H,2-13H2,1H3. The van der Waals surface area contributed by atoms with E-state index in [-0.39, 0.29) is 0 Å². The maximum Gasteiger partial charge on any atom is 0.0702 e. The Morgan fingerprint density at radius 1 is 1.26 bits per heavy atom. The number of hydrogen-bond donors (Lipinski definition) is 1. The summed E-state index contributed by atoms with van der Waals surface area (Å²) < 4.78 is 5.87. The van der Waals surface area contributed by atoms with Gasteiger partial charge in [0.15, 0.2) is 0 Å². The average molecular weight is 266 g/mol. The van der Waals surface area contributed by atoms with Gasteiger partial charge in [-0.2, -0.15) is 0 Å². The molecule has 0 bridgehead atoms. The van der Waals surface area contributed by atoms with Crippen LogP contribution in [0.1, 0.15) is 58.3 Å². The lowest BCUT2D eigenvalue weighted by Crippen LogP contribution is -2.64. The van der Waals surface area contributed by atoms with Crippen molar-refractivity contribution in [3.63, 3.8) is 0 Å². The van der Waals surface area contributed by atoms with Gasteiger partial charge in [0.05, 0.1) is 6.10 Å². The Kier molecular flexibility index (Phi) is 4.45. The largest absolute Gasteiger partial charge is 0.377 e. The quantitative estimate of drug-likeness (QED) is 0.846. The van der Waals surface area contributed by atoms with Crippen molar-refractivity contribution in [2.45, 2.75) is 76.0 Å². The summed E-state index contributed by atoms with van der Waals surface area (Å²) in [6.07, 6.45) is 11.3. The minimum atomic E-state index is 0.447. The normalized spacial score (nSPS) is 35.2. The predicted octanol–water partition coefficient (Wildman–Crippen LogP) is 2.55. The lowest BCUT2D eigenvalue weighted by atomic mass is 9.91. The van der Waals surface area contributed by atoms with Crippen LogP contribution in [0.15, 0.2) is 0 Å². The van der Waals surface area contributed by atoms with Crippen molar-refractivity contribution >= 4 is 0 Å². The highest BCUT2D eigenvalue weighted by Crippen LogP contribution is 2.34. The molecule has 2 unspecified atom stereocenters. The van der Waals surface area contributed by atoms with Crippen LogP contribution in [-0.4, -0.2) is 48.8 Å². The number of piperazine rings is 1. The first-order chi connectivity index (χ1) is 9.31.